The third-order valence-corrected chi connectivity index (χ3v) is 4.84. The van der Waals surface area contributed by atoms with Gasteiger partial charge in [-0.1, -0.05) is 115 Å². The Bertz CT molecular complexity index is 1070. The van der Waals surface area contributed by atoms with E-state index < -0.39 is 0 Å². The van der Waals surface area contributed by atoms with Crippen molar-refractivity contribution in [1.82, 2.24) is 0 Å². The third-order valence-electron chi connectivity index (χ3n) is 4.84. The summed E-state index contributed by atoms with van der Waals surface area (Å²) in [6.45, 7) is 0. The summed E-state index contributed by atoms with van der Waals surface area (Å²) in [5, 5.41) is 0. The van der Waals surface area contributed by atoms with Gasteiger partial charge in [0.15, 0.2) is 0 Å². The monoisotopic (exact) mass is 391 g/mol. The molecule has 1 unspecified atom stereocenters. The van der Waals surface area contributed by atoms with E-state index in [2.05, 4.69) is 48.6 Å². The molecule has 1 atom stereocenters. The van der Waals surface area contributed by atoms with E-state index in [0.717, 1.165) is 28.0 Å². The van der Waals surface area contributed by atoms with Gasteiger partial charge >= 0.3 is 0 Å². The highest BCUT2D eigenvalue weighted by Crippen LogP contribution is 2.24. The molecule has 0 amide bonds. The summed E-state index contributed by atoms with van der Waals surface area (Å²) in [5.41, 5.74) is 5.03. The summed E-state index contributed by atoms with van der Waals surface area (Å²) in [6.07, 6.45) is 4.12. The molecule has 0 spiro atoms. The number of rotatable bonds is 6. The average molecular weight is 391 g/mol. The van der Waals surface area contributed by atoms with Gasteiger partial charge in [0.1, 0.15) is 5.82 Å². The molecule has 0 heterocycles. The van der Waals surface area contributed by atoms with E-state index in [0.29, 0.717) is 0 Å². The molecule has 4 aromatic carbocycles. The molecule has 4 aromatic rings. The summed E-state index contributed by atoms with van der Waals surface area (Å²) < 4.78 is 13.5. The smallest absolute Gasteiger partial charge is 0.123 e. The fourth-order valence-electron chi connectivity index (χ4n) is 3.30. The highest BCUT2D eigenvalue weighted by molar-refractivity contribution is 6.13. The van der Waals surface area contributed by atoms with Crippen molar-refractivity contribution in [2.75, 3.05) is 0 Å². The van der Waals surface area contributed by atoms with Crippen LogP contribution in [0.3, 0.4) is 0 Å². The van der Waals surface area contributed by atoms with Gasteiger partial charge in [0.25, 0.3) is 0 Å². The molecule has 146 valence electrons. The van der Waals surface area contributed by atoms with Crippen molar-refractivity contribution in [1.29, 1.82) is 0 Å². The van der Waals surface area contributed by atoms with E-state index in [1.165, 1.54) is 12.1 Å². The highest BCUT2D eigenvalue weighted by atomic mass is 19.1. The summed E-state index contributed by atoms with van der Waals surface area (Å²) in [5.74, 6) is -0.250. The van der Waals surface area contributed by atoms with E-state index in [4.69, 9.17) is 4.99 Å². The Morgan fingerprint density at radius 2 is 1.13 bits per heavy atom. The van der Waals surface area contributed by atoms with Gasteiger partial charge in [-0.3, -0.25) is 4.99 Å². The zero-order valence-corrected chi connectivity index (χ0v) is 16.5. The second kappa shape index (κ2) is 9.62. The number of nitrogens with zero attached hydrogens (tertiary/aromatic N) is 1. The van der Waals surface area contributed by atoms with E-state index >= 15 is 0 Å². The minimum atomic E-state index is -0.250. The van der Waals surface area contributed by atoms with Crippen LogP contribution in [0.5, 0.6) is 0 Å². The standard InChI is InChI=1S/C28H22FN/c29-26-19-17-23(18-20-26)27(21-16-22-10-4-1-5-11-22)30-28(24-12-6-2-7-13-24)25-14-8-3-9-15-25/h1-21,27H/b21-16+. The van der Waals surface area contributed by atoms with Crippen molar-refractivity contribution in [3.05, 3.63) is 149 Å². The molecule has 1 nitrogen and oxygen atoms in total. The molecule has 0 aromatic heterocycles. The van der Waals surface area contributed by atoms with Crippen LogP contribution >= 0.6 is 0 Å². The predicted molar refractivity (Wildman–Crippen MR) is 123 cm³/mol. The lowest BCUT2D eigenvalue weighted by molar-refractivity contribution is 0.626. The Hall–Kier alpha value is -3.78. The zero-order chi connectivity index (χ0) is 20.6. The number of halogens is 1. The van der Waals surface area contributed by atoms with Crippen molar-refractivity contribution >= 4 is 11.8 Å². The zero-order valence-electron chi connectivity index (χ0n) is 16.5. The van der Waals surface area contributed by atoms with Gasteiger partial charge in [-0.25, -0.2) is 4.39 Å². The molecule has 30 heavy (non-hydrogen) atoms. The Kier molecular flexibility index (Phi) is 6.26. The first-order valence-corrected chi connectivity index (χ1v) is 9.97. The van der Waals surface area contributed by atoms with Crippen molar-refractivity contribution in [3.8, 4) is 0 Å². The lowest BCUT2D eigenvalue weighted by atomic mass is 10.00. The first-order chi connectivity index (χ1) is 14.8. The van der Waals surface area contributed by atoms with E-state index in [1.807, 2.05) is 54.6 Å². The van der Waals surface area contributed by atoms with Crippen molar-refractivity contribution in [2.24, 2.45) is 4.99 Å². The molecule has 2 heteroatoms. The fourth-order valence-corrected chi connectivity index (χ4v) is 3.30. The van der Waals surface area contributed by atoms with E-state index in [-0.39, 0.29) is 11.9 Å². The molecule has 0 N–H and O–H groups in total. The van der Waals surface area contributed by atoms with Crippen LogP contribution in [0.1, 0.15) is 28.3 Å². The quantitative estimate of drug-likeness (QED) is 0.310. The largest absolute Gasteiger partial charge is 0.272 e. The number of aliphatic imine (C=N–C) groups is 1. The molecular formula is C28H22FN. The lowest BCUT2D eigenvalue weighted by Crippen LogP contribution is -2.06. The van der Waals surface area contributed by atoms with Crippen LogP contribution < -0.4 is 0 Å². The molecule has 0 aliphatic carbocycles. The average Bonchev–Trinajstić information content (AvgIpc) is 2.82. The molecular weight excluding hydrogens is 369 g/mol. The first-order valence-electron chi connectivity index (χ1n) is 9.97. The lowest BCUT2D eigenvalue weighted by Gasteiger charge is -2.14. The maximum atomic E-state index is 13.5. The second-order valence-electron chi connectivity index (χ2n) is 6.98. The Labute approximate surface area is 176 Å². The number of benzene rings is 4. The molecule has 4 rings (SSSR count). The molecule has 0 radical (unpaired) electrons. The third kappa shape index (κ3) is 4.98. The van der Waals surface area contributed by atoms with Crippen LogP contribution in [0.2, 0.25) is 0 Å². The normalized spacial score (nSPS) is 11.9. The minimum Gasteiger partial charge on any atom is -0.272 e. The molecule has 0 aliphatic rings. The molecule has 0 aliphatic heterocycles. The van der Waals surface area contributed by atoms with E-state index in [9.17, 15) is 4.39 Å². The van der Waals surface area contributed by atoms with Crippen LogP contribution in [0.25, 0.3) is 6.08 Å². The fraction of sp³-hybridized carbons (Fsp3) is 0.0357. The Morgan fingerprint density at radius 1 is 0.633 bits per heavy atom. The van der Waals surface area contributed by atoms with Crippen molar-refractivity contribution in [3.63, 3.8) is 0 Å². The van der Waals surface area contributed by atoms with Gasteiger partial charge in [0.05, 0.1) is 11.8 Å². The second-order valence-corrected chi connectivity index (χ2v) is 6.98. The highest BCUT2D eigenvalue weighted by Gasteiger charge is 2.12. The summed E-state index contributed by atoms with van der Waals surface area (Å²) in [7, 11) is 0. The molecule has 0 saturated heterocycles. The summed E-state index contributed by atoms with van der Waals surface area (Å²) >= 11 is 0. The van der Waals surface area contributed by atoms with Crippen molar-refractivity contribution in [2.45, 2.75) is 6.04 Å². The van der Waals surface area contributed by atoms with E-state index in [1.54, 1.807) is 12.1 Å². The maximum Gasteiger partial charge on any atom is 0.123 e. The van der Waals surface area contributed by atoms with Crippen molar-refractivity contribution < 1.29 is 4.39 Å². The number of hydrogen-bond acceptors (Lipinski definition) is 1. The van der Waals surface area contributed by atoms with Crippen LogP contribution in [0.15, 0.2) is 126 Å². The van der Waals surface area contributed by atoms with Crippen LogP contribution in [0.4, 0.5) is 4.39 Å². The van der Waals surface area contributed by atoms with Gasteiger partial charge in [-0.2, -0.15) is 0 Å². The summed E-state index contributed by atoms with van der Waals surface area (Å²) in [6, 6.07) is 36.7. The molecule has 0 fully saturated rings. The van der Waals surface area contributed by atoms with Gasteiger partial charge in [-0.05, 0) is 23.3 Å². The van der Waals surface area contributed by atoms with Crippen LogP contribution in [-0.4, -0.2) is 5.71 Å². The Balaban J connectivity index is 1.81. The van der Waals surface area contributed by atoms with Gasteiger partial charge < -0.3 is 0 Å². The van der Waals surface area contributed by atoms with Gasteiger partial charge in [0, 0.05) is 11.1 Å². The topological polar surface area (TPSA) is 12.4 Å². The van der Waals surface area contributed by atoms with Gasteiger partial charge in [0.2, 0.25) is 0 Å². The van der Waals surface area contributed by atoms with Crippen LogP contribution in [0, 0.1) is 5.82 Å². The number of hydrogen-bond donors (Lipinski definition) is 0. The SMILES string of the molecule is Fc1ccc(C(/C=C/c2ccccc2)N=C(c2ccccc2)c2ccccc2)cc1. The minimum absolute atomic E-state index is 0.249. The first kappa shape index (κ1) is 19.5. The molecule has 0 saturated carbocycles. The summed E-state index contributed by atoms with van der Waals surface area (Å²) in [4.78, 5) is 5.14. The predicted octanol–water partition coefficient (Wildman–Crippen LogP) is 7.12. The Morgan fingerprint density at radius 3 is 1.67 bits per heavy atom. The maximum absolute atomic E-state index is 13.5. The van der Waals surface area contributed by atoms with Crippen LogP contribution in [-0.2, 0) is 0 Å². The van der Waals surface area contributed by atoms with Gasteiger partial charge in [-0.15, -0.1) is 0 Å². The molecule has 0 bridgehead atoms.